The number of nitrogens with one attached hydrogen (secondary N) is 1. The second-order valence-corrected chi connectivity index (χ2v) is 7.84. The second-order valence-electron chi connectivity index (χ2n) is 6.35. The Bertz CT molecular complexity index is 1010. The Hall–Kier alpha value is -2.77. The molecule has 1 aromatic carbocycles. The number of hydrogen-bond donors (Lipinski definition) is 2. The summed E-state index contributed by atoms with van der Waals surface area (Å²) in [4.78, 5) is 25.1. The number of carbonyl (C=O) groups is 2. The van der Waals surface area contributed by atoms with E-state index in [4.69, 9.17) is 26.5 Å². The number of primary amides is 1. The standard InChI is InChI=1S/C20H19ClN2O4S/c1-11(2)17-9-13(18(22)24)20(28-17)23-19(25)16-8-7-12(27-16)10-26-15-6-4-3-5-14(15)21/h3-9,11H,10H2,1-2H3,(H2,22,24)(H,23,25). The first-order valence-corrected chi connectivity index (χ1v) is 9.75. The Balaban J connectivity index is 1.69. The Morgan fingerprint density at radius 3 is 2.68 bits per heavy atom. The van der Waals surface area contributed by atoms with Crippen molar-refractivity contribution in [1.82, 2.24) is 0 Å². The highest BCUT2D eigenvalue weighted by Crippen LogP contribution is 2.33. The van der Waals surface area contributed by atoms with Gasteiger partial charge in [-0.15, -0.1) is 11.3 Å². The molecule has 6 nitrogen and oxygen atoms in total. The van der Waals surface area contributed by atoms with Crippen LogP contribution in [0.2, 0.25) is 5.02 Å². The van der Waals surface area contributed by atoms with E-state index in [1.165, 1.54) is 11.3 Å². The van der Waals surface area contributed by atoms with Gasteiger partial charge in [0, 0.05) is 4.88 Å². The molecule has 2 aromatic heterocycles. The topological polar surface area (TPSA) is 94.6 Å². The van der Waals surface area contributed by atoms with Crippen molar-refractivity contribution in [1.29, 1.82) is 0 Å². The maximum atomic E-state index is 12.5. The predicted molar refractivity (Wildman–Crippen MR) is 109 cm³/mol. The summed E-state index contributed by atoms with van der Waals surface area (Å²) in [7, 11) is 0. The van der Waals surface area contributed by atoms with E-state index in [0.717, 1.165) is 4.88 Å². The van der Waals surface area contributed by atoms with Gasteiger partial charge < -0.3 is 20.2 Å². The molecule has 8 heteroatoms. The zero-order valence-corrected chi connectivity index (χ0v) is 16.9. The van der Waals surface area contributed by atoms with Crippen LogP contribution in [0.1, 0.15) is 51.3 Å². The first-order valence-electron chi connectivity index (χ1n) is 8.56. The van der Waals surface area contributed by atoms with Crippen molar-refractivity contribution in [2.45, 2.75) is 26.4 Å². The van der Waals surface area contributed by atoms with Crippen LogP contribution in [0.5, 0.6) is 5.75 Å². The average Bonchev–Trinajstić information content (AvgIpc) is 3.28. The van der Waals surface area contributed by atoms with Gasteiger partial charge in [0.05, 0.1) is 10.6 Å². The number of hydrogen-bond acceptors (Lipinski definition) is 5. The van der Waals surface area contributed by atoms with Crippen LogP contribution in [0.25, 0.3) is 0 Å². The lowest BCUT2D eigenvalue weighted by atomic mass is 10.1. The molecule has 0 unspecified atom stereocenters. The predicted octanol–water partition coefficient (Wildman–Crippen LogP) is 5.05. The number of furan rings is 1. The highest BCUT2D eigenvalue weighted by molar-refractivity contribution is 7.16. The van der Waals surface area contributed by atoms with Gasteiger partial charge in [-0.05, 0) is 36.2 Å². The number of rotatable bonds is 7. The molecule has 146 valence electrons. The fourth-order valence-electron chi connectivity index (χ4n) is 2.42. The fourth-order valence-corrected chi connectivity index (χ4v) is 3.68. The number of carbonyl (C=O) groups excluding carboxylic acids is 2. The highest BCUT2D eigenvalue weighted by Gasteiger charge is 2.19. The molecule has 0 bridgehead atoms. The van der Waals surface area contributed by atoms with Gasteiger partial charge in [0.15, 0.2) is 5.76 Å². The molecule has 0 saturated heterocycles. The minimum Gasteiger partial charge on any atom is -0.484 e. The molecule has 3 N–H and O–H groups in total. The molecule has 3 rings (SSSR count). The summed E-state index contributed by atoms with van der Waals surface area (Å²) in [6.45, 7) is 4.13. The largest absolute Gasteiger partial charge is 0.484 e. The van der Waals surface area contributed by atoms with Crippen LogP contribution in [0.4, 0.5) is 5.00 Å². The van der Waals surface area contributed by atoms with Gasteiger partial charge in [0.25, 0.3) is 11.8 Å². The van der Waals surface area contributed by atoms with E-state index < -0.39 is 11.8 Å². The van der Waals surface area contributed by atoms with Crippen molar-refractivity contribution >= 4 is 39.8 Å². The van der Waals surface area contributed by atoms with Crippen molar-refractivity contribution in [3.63, 3.8) is 0 Å². The zero-order valence-electron chi connectivity index (χ0n) is 15.3. The maximum Gasteiger partial charge on any atom is 0.291 e. The first-order chi connectivity index (χ1) is 13.3. The van der Waals surface area contributed by atoms with Crippen LogP contribution in [0, 0.1) is 0 Å². The van der Waals surface area contributed by atoms with Crippen LogP contribution < -0.4 is 15.8 Å². The number of thiophene rings is 1. The van der Waals surface area contributed by atoms with Gasteiger partial charge in [0.1, 0.15) is 23.1 Å². The summed E-state index contributed by atoms with van der Waals surface area (Å²) < 4.78 is 11.1. The highest BCUT2D eigenvalue weighted by atomic mass is 35.5. The van der Waals surface area contributed by atoms with E-state index in [1.807, 2.05) is 19.9 Å². The molecule has 28 heavy (non-hydrogen) atoms. The summed E-state index contributed by atoms with van der Waals surface area (Å²) in [6, 6.07) is 12.0. The quantitative estimate of drug-likeness (QED) is 0.561. The van der Waals surface area contributed by atoms with Crippen molar-refractivity contribution in [2.24, 2.45) is 5.73 Å². The monoisotopic (exact) mass is 418 g/mol. The van der Waals surface area contributed by atoms with Gasteiger partial charge >= 0.3 is 0 Å². The summed E-state index contributed by atoms with van der Waals surface area (Å²) in [5.74, 6) is 0.251. The molecule has 3 aromatic rings. The zero-order chi connectivity index (χ0) is 20.3. The van der Waals surface area contributed by atoms with Crippen molar-refractivity contribution in [3.05, 3.63) is 69.4 Å². The lowest BCUT2D eigenvalue weighted by Gasteiger charge is -2.05. The molecule has 0 atom stereocenters. The molecule has 2 amide bonds. The Morgan fingerprint density at radius 1 is 1.25 bits per heavy atom. The van der Waals surface area contributed by atoms with Gasteiger partial charge in [-0.25, -0.2) is 0 Å². The summed E-state index contributed by atoms with van der Waals surface area (Å²) >= 11 is 7.37. The van der Waals surface area contributed by atoms with Crippen LogP contribution in [0.3, 0.4) is 0 Å². The maximum absolute atomic E-state index is 12.5. The van der Waals surface area contributed by atoms with Crippen LogP contribution in [-0.4, -0.2) is 11.8 Å². The molecular formula is C20H19ClN2O4S. The third-order valence-electron chi connectivity index (χ3n) is 3.90. The first kappa shape index (κ1) is 20.0. The minimum absolute atomic E-state index is 0.104. The molecular weight excluding hydrogens is 400 g/mol. The van der Waals surface area contributed by atoms with Gasteiger partial charge in [0.2, 0.25) is 0 Å². The normalized spacial score (nSPS) is 10.9. The lowest BCUT2D eigenvalue weighted by Crippen LogP contribution is -2.16. The minimum atomic E-state index is -0.591. The third kappa shape index (κ3) is 4.55. The van der Waals surface area contributed by atoms with Gasteiger partial charge in [-0.1, -0.05) is 37.6 Å². The molecule has 2 heterocycles. The van der Waals surface area contributed by atoms with E-state index in [9.17, 15) is 9.59 Å². The molecule has 0 saturated carbocycles. The van der Waals surface area contributed by atoms with Crippen molar-refractivity contribution in [3.8, 4) is 5.75 Å². The Labute approximate surface area is 171 Å². The van der Waals surface area contributed by atoms with E-state index in [1.54, 1.807) is 36.4 Å². The number of nitrogens with two attached hydrogens (primary N) is 1. The van der Waals surface area contributed by atoms with Crippen LogP contribution >= 0.6 is 22.9 Å². The van der Waals surface area contributed by atoms with Crippen molar-refractivity contribution < 1.29 is 18.7 Å². The summed E-state index contributed by atoms with van der Waals surface area (Å²) in [5.41, 5.74) is 5.71. The molecule has 0 aliphatic rings. The summed E-state index contributed by atoms with van der Waals surface area (Å²) in [5, 5.41) is 3.60. The Morgan fingerprint density at radius 2 is 2.00 bits per heavy atom. The summed E-state index contributed by atoms with van der Waals surface area (Å²) in [6.07, 6.45) is 0. The fraction of sp³-hybridized carbons (Fsp3) is 0.200. The second kappa shape index (κ2) is 8.50. The number of anilines is 1. The smallest absolute Gasteiger partial charge is 0.291 e. The number of para-hydroxylation sites is 1. The van der Waals surface area contributed by atoms with Gasteiger partial charge in [-0.2, -0.15) is 0 Å². The molecule has 0 fully saturated rings. The van der Waals surface area contributed by atoms with Gasteiger partial charge in [-0.3, -0.25) is 9.59 Å². The van der Waals surface area contributed by atoms with E-state index in [2.05, 4.69) is 5.32 Å². The van der Waals surface area contributed by atoms with E-state index in [0.29, 0.717) is 21.5 Å². The average molecular weight is 419 g/mol. The molecule has 0 radical (unpaired) electrons. The number of benzene rings is 1. The Kier molecular flexibility index (Phi) is 6.06. The molecule has 0 aliphatic heterocycles. The van der Waals surface area contributed by atoms with Crippen LogP contribution in [0.15, 0.2) is 46.9 Å². The third-order valence-corrected chi connectivity index (χ3v) is 5.57. The van der Waals surface area contributed by atoms with Crippen molar-refractivity contribution in [2.75, 3.05) is 5.32 Å². The lowest BCUT2D eigenvalue weighted by molar-refractivity contribution is 0.0993. The van der Waals surface area contributed by atoms with Crippen LogP contribution in [-0.2, 0) is 6.61 Å². The molecule has 0 aliphatic carbocycles. The van der Waals surface area contributed by atoms with E-state index >= 15 is 0 Å². The number of halogens is 1. The van der Waals surface area contributed by atoms with E-state index in [-0.39, 0.29) is 23.8 Å². The number of amides is 2. The number of ether oxygens (including phenoxy) is 1. The SMILES string of the molecule is CC(C)c1cc(C(N)=O)c(NC(=O)c2ccc(COc3ccccc3Cl)o2)s1. The molecule has 0 spiro atoms.